The Balaban J connectivity index is 2.27. The van der Waals surface area contributed by atoms with Gasteiger partial charge in [-0.15, -0.1) is 0 Å². The molecule has 6 heteroatoms. The third-order valence-corrected chi connectivity index (χ3v) is 2.71. The molecule has 0 saturated heterocycles. The van der Waals surface area contributed by atoms with Crippen LogP contribution in [-0.2, 0) is 12.1 Å². The van der Waals surface area contributed by atoms with Crippen molar-refractivity contribution >= 4 is 0 Å². The summed E-state index contributed by atoms with van der Waals surface area (Å²) in [6.07, 6.45) is 2.07. The first kappa shape index (κ1) is 12.6. The van der Waals surface area contributed by atoms with Gasteiger partial charge in [0.15, 0.2) is 0 Å². The van der Waals surface area contributed by atoms with E-state index in [0.29, 0.717) is 11.3 Å². The maximum absolute atomic E-state index is 12.2. The van der Waals surface area contributed by atoms with E-state index in [2.05, 4.69) is 10.1 Å². The lowest BCUT2D eigenvalue weighted by Gasteiger charge is -2.21. The molecule has 1 atom stereocenters. The van der Waals surface area contributed by atoms with Crippen LogP contribution in [0.3, 0.4) is 0 Å². The van der Waals surface area contributed by atoms with E-state index in [1.807, 2.05) is 0 Å². The fraction of sp³-hybridized carbons (Fsp3) is 0.333. The Morgan fingerprint density at radius 3 is 2.61 bits per heavy atom. The van der Waals surface area contributed by atoms with Gasteiger partial charge in [-0.2, -0.15) is 5.10 Å². The van der Waals surface area contributed by atoms with Crippen LogP contribution in [0.2, 0.25) is 0 Å². The minimum absolute atomic E-state index is 0.328. The fourth-order valence-electron chi connectivity index (χ4n) is 1.69. The van der Waals surface area contributed by atoms with Crippen LogP contribution in [0.25, 0.3) is 0 Å². The highest BCUT2D eigenvalue weighted by Gasteiger charge is 2.28. The number of rotatable bonds is 4. The monoisotopic (exact) mass is 253 g/mol. The summed E-state index contributed by atoms with van der Waals surface area (Å²) in [5.74, 6) is 0. The zero-order valence-electron chi connectivity index (χ0n) is 9.79. The lowest BCUT2D eigenvalue weighted by Crippen LogP contribution is -2.24. The summed E-state index contributed by atoms with van der Waals surface area (Å²) in [4.78, 5) is 3.86. The van der Waals surface area contributed by atoms with Crippen LogP contribution in [0, 0.1) is 0 Å². The summed E-state index contributed by atoms with van der Waals surface area (Å²) >= 11 is 0. The topological polar surface area (TPSA) is 50.9 Å². The molecule has 2 rings (SSSR count). The molecular formula is C12H13F2N3O. The minimum atomic E-state index is -2.47. The lowest BCUT2D eigenvalue weighted by atomic mass is 9.94. The first-order chi connectivity index (χ1) is 8.50. The summed E-state index contributed by atoms with van der Waals surface area (Å²) < 4.78 is 25.6. The Bertz CT molecular complexity index is 511. The number of aromatic nitrogens is 3. The standard InChI is InChI=1S/C12H13F2N3O/c1-12(18,9-2-5-15-6-3-9)10-4-7-17(16-10)8-11(13)14/h2-7,11,18H,8H2,1H3. The Morgan fingerprint density at radius 2 is 2.00 bits per heavy atom. The van der Waals surface area contributed by atoms with Crippen molar-refractivity contribution in [2.24, 2.45) is 0 Å². The molecule has 0 saturated carbocycles. The SMILES string of the molecule is CC(O)(c1ccncc1)c1ccn(CC(F)F)n1. The smallest absolute Gasteiger partial charge is 0.257 e. The van der Waals surface area contributed by atoms with Crippen molar-refractivity contribution in [2.75, 3.05) is 0 Å². The molecule has 0 aromatic carbocycles. The van der Waals surface area contributed by atoms with Gasteiger partial charge in [-0.3, -0.25) is 9.67 Å². The van der Waals surface area contributed by atoms with Crippen LogP contribution in [0.4, 0.5) is 8.78 Å². The maximum Gasteiger partial charge on any atom is 0.257 e. The molecule has 2 aromatic rings. The quantitative estimate of drug-likeness (QED) is 0.904. The van der Waals surface area contributed by atoms with Gasteiger partial charge in [0.25, 0.3) is 6.43 Å². The van der Waals surface area contributed by atoms with Gasteiger partial charge in [-0.25, -0.2) is 8.78 Å². The summed E-state index contributed by atoms with van der Waals surface area (Å²) in [7, 11) is 0. The summed E-state index contributed by atoms with van der Waals surface area (Å²) in [5.41, 5.74) is -0.384. The molecule has 0 fully saturated rings. The van der Waals surface area contributed by atoms with Crippen molar-refractivity contribution in [1.82, 2.24) is 14.8 Å². The molecule has 2 aromatic heterocycles. The van der Waals surface area contributed by atoms with Gasteiger partial charge >= 0.3 is 0 Å². The zero-order chi connectivity index (χ0) is 13.2. The Kier molecular flexibility index (Phi) is 3.38. The highest BCUT2D eigenvalue weighted by molar-refractivity contribution is 5.28. The summed E-state index contributed by atoms with van der Waals surface area (Å²) in [6.45, 7) is 1.09. The average Bonchev–Trinajstić information content (AvgIpc) is 2.78. The second kappa shape index (κ2) is 4.81. The first-order valence-electron chi connectivity index (χ1n) is 5.45. The molecule has 0 radical (unpaired) electrons. The third kappa shape index (κ3) is 2.53. The summed E-state index contributed by atoms with van der Waals surface area (Å²) in [6, 6.07) is 4.85. The van der Waals surface area contributed by atoms with Gasteiger partial charge in [0.1, 0.15) is 12.1 Å². The van der Waals surface area contributed by atoms with Crippen LogP contribution in [0.15, 0.2) is 36.8 Å². The second-order valence-electron chi connectivity index (χ2n) is 4.12. The van der Waals surface area contributed by atoms with E-state index < -0.39 is 18.6 Å². The molecule has 0 aliphatic carbocycles. The largest absolute Gasteiger partial charge is 0.379 e. The van der Waals surface area contributed by atoms with Crippen molar-refractivity contribution < 1.29 is 13.9 Å². The van der Waals surface area contributed by atoms with Crippen molar-refractivity contribution in [3.63, 3.8) is 0 Å². The van der Waals surface area contributed by atoms with Crippen LogP contribution in [-0.4, -0.2) is 26.3 Å². The molecule has 0 amide bonds. The Morgan fingerprint density at radius 1 is 1.33 bits per heavy atom. The van der Waals surface area contributed by atoms with Gasteiger partial charge < -0.3 is 5.11 Å². The van der Waals surface area contributed by atoms with Crippen LogP contribution < -0.4 is 0 Å². The molecule has 0 aliphatic heterocycles. The number of hydrogen-bond acceptors (Lipinski definition) is 3. The van der Waals surface area contributed by atoms with Crippen LogP contribution >= 0.6 is 0 Å². The molecule has 4 nitrogen and oxygen atoms in total. The van der Waals surface area contributed by atoms with Crippen LogP contribution in [0.5, 0.6) is 0 Å². The molecule has 1 N–H and O–H groups in total. The van der Waals surface area contributed by atoms with Gasteiger partial charge in [-0.1, -0.05) is 0 Å². The maximum atomic E-state index is 12.2. The minimum Gasteiger partial charge on any atom is -0.379 e. The third-order valence-electron chi connectivity index (χ3n) is 2.71. The first-order valence-corrected chi connectivity index (χ1v) is 5.45. The van der Waals surface area contributed by atoms with Crippen molar-refractivity contribution in [1.29, 1.82) is 0 Å². The van der Waals surface area contributed by atoms with E-state index in [-0.39, 0.29) is 0 Å². The van der Waals surface area contributed by atoms with E-state index in [1.165, 1.54) is 12.3 Å². The van der Waals surface area contributed by atoms with E-state index in [4.69, 9.17) is 0 Å². The fourth-order valence-corrected chi connectivity index (χ4v) is 1.69. The molecule has 0 spiro atoms. The normalized spacial score (nSPS) is 14.7. The Labute approximate surface area is 103 Å². The van der Waals surface area contributed by atoms with Gasteiger partial charge in [0.05, 0.1) is 5.69 Å². The second-order valence-corrected chi connectivity index (χ2v) is 4.12. The van der Waals surface area contributed by atoms with Gasteiger partial charge in [0, 0.05) is 18.6 Å². The number of aliphatic hydroxyl groups is 1. The van der Waals surface area contributed by atoms with E-state index >= 15 is 0 Å². The number of pyridine rings is 1. The van der Waals surface area contributed by atoms with Crippen molar-refractivity contribution in [3.05, 3.63) is 48.0 Å². The number of halogens is 2. The zero-order valence-corrected chi connectivity index (χ0v) is 9.79. The molecule has 0 bridgehead atoms. The average molecular weight is 253 g/mol. The molecule has 96 valence electrons. The van der Waals surface area contributed by atoms with Crippen molar-refractivity contribution in [3.8, 4) is 0 Å². The van der Waals surface area contributed by atoms with E-state index in [9.17, 15) is 13.9 Å². The van der Waals surface area contributed by atoms with Gasteiger partial charge in [-0.05, 0) is 30.7 Å². The highest BCUT2D eigenvalue weighted by Crippen LogP contribution is 2.27. The molecule has 18 heavy (non-hydrogen) atoms. The molecular weight excluding hydrogens is 240 g/mol. The number of nitrogens with zero attached hydrogens (tertiary/aromatic N) is 3. The predicted octanol–water partition coefficient (Wildman–Crippen LogP) is 1.80. The van der Waals surface area contributed by atoms with E-state index in [0.717, 1.165) is 4.68 Å². The van der Waals surface area contributed by atoms with Gasteiger partial charge in [0.2, 0.25) is 0 Å². The Hall–Kier alpha value is -1.82. The predicted molar refractivity (Wildman–Crippen MR) is 61.1 cm³/mol. The lowest BCUT2D eigenvalue weighted by molar-refractivity contribution is 0.0930. The highest BCUT2D eigenvalue weighted by atomic mass is 19.3. The molecule has 1 unspecified atom stereocenters. The van der Waals surface area contributed by atoms with Crippen molar-refractivity contribution in [2.45, 2.75) is 25.5 Å². The molecule has 0 aliphatic rings. The molecule has 2 heterocycles. The number of alkyl halides is 2. The number of hydrogen-bond donors (Lipinski definition) is 1. The summed E-state index contributed by atoms with van der Waals surface area (Å²) in [5, 5.41) is 14.4. The van der Waals surface area contributed by atoms with E-state index in [1.54, 1.807) is 31.5 Å². The van der Waals surface area contributed by atoms with Crippen LogP contribution in [0.1, 0.15) is 18.2 Å².